The van der Waals surface area contributed by atoms with Crippen LogP contribution in [0.3, 0.4) is 0 Å². The van der Waals surface area contributed by atoms with Crippen LogP contribution in [0.25, 0.3) is 0 Å². The molecule has 0 bridgehead atoms. The third-order valence-corrected chi connectivity index (χ3v) is 3.05. The van der Waals surface area contributed by atoms with Gasteiger partial charge < -0.3 is 5.11 Å². The van der Waals surface area contributed by atoms with Crippen molar-refractivity contribution in [1.29, 1.82) is 0 Å². The number of hydrogen-bond donors (Lipinski definition) is 1. The Bertz CT molecular complexity index is 301. The maximum atomic E-state index is 10.3. The number of allylic oxidation sites excluding steroid dienone is 6. The van der Waals surface area contributed by atoms with E-state index in [1.54, 1.807) is 0 Å². The zero-order valence-electron chi connectivity index (χ0n) is 12.9. The summed E-state index contributed by atoms with van der Waals surface area (Å²) >= 11 is 0. The normalized spacial score (nSPS) is 12.1. The first-order valence-corrected chi connectivity index (χ1v) is 7.95. The molecule has 0 aromatic carbocycles. The maximum absolute atomic E-state index is 10.3. The van der Waals surface area contributed by atoms with Crippen LogP contribution in [0.2, 0.25) is 0 Å². The number of carboxylic acid groups (broad SMARTS) is 1. The van der Waals surface area contributed by atoms with Gasteiger partial charge in [-0.05, 0) is 38.5 Å². The van der Waals surface area contributed by atoms with Crippen LogP contribution >= 0.6 is 0 Å². The van der Waals surface area contributed by atoms with E-state index in [9.17, 15) is 4.79 Å². The van der Waals surface area contributed by atoms with Gasteiger partial charge in [-0.1, -0.05) is 62.6 Å². The van der Waals surface area contributed by atoms with Crippen molar-refractivity contribution >= 4 is 5.97 Å². The monoisotopic (exact) mass is 278 g/mol. The number of carboxylic acids is 1. The van der Waals surface area contributed by atoms with Crippen LogP contribution in [0.15, 0.2) is 36.5 Å². The molecular weight excluding hydrogens is 248 g/mol. The lowest BCUT2D eigenvalue weighted by Gasteiger charge is -1.97. The van der Waals surface area contributed by atoms with Crippen molar-refractivity contribution in [3.63, 3.8) is 0 Å². The molecule has 0 atom stereocenters. The summed E-state index contributed by atoms with van der Waals surface area (Å²) in [4.78, 5) is 10.3. The SMILES string of the molecule is CC/C=C/CC/C=C\C=C\CCCCCCCC(=O)O. The Balaban J connectivity index is 3.25. The summed E-state index contributed by atoms with van der Waals surface area (Å²) in [5.41, 5.74) is 0. The van der Waals surface area contributed by atoms with Crippen LogP contribution in [-0.2, 0) is 4.79 Å². The fourth-order valence-electron chi connectivity index (χ4n) is 1.90. The maximum Gasteiger partial charge on any atom is 0.303 e. The summed E-state index contributed by atoms with van der Waals surface area (Å²) in [7, 11) is 0. The van der Waals surface area contributed by atoms with Crippen LogP contribution in [0, 0.1) is 0 Å². The first-order chi connectivity index (χ1) is 9.77. The van der Waals surface area contributed by atoms with E-state index >= 15 is 0 Å². The lowest BCUT2D eigenvalue weighted by Crippen LogP contribution is -1.93. The summed E-state index contributed by atoms with van der Waals surface area (Å²) in [6, 6.07) is 0. The smallest absolute Gasteiger partial charge is 0.303 e. The molecule has 0 saturated heterocycles. The standard InChI is InChI=1S/C18H30O2/c1-2-3-4-5-6-7-8-9-10-11-12-13-14-15-16-17-18(19)20/h3-4,7-10H,2,5-6,11-17H2,1H3,(H,19,20)/b4-3+,8-7-,10-9+. The van der Waals surface area contributed by atoms with Crippen molar-refractivity contribution in [1.82, 2.24) is 0 Å². The number of carbonyl (C=O) groups is 1. The zero-order valence-corrected chi connectivity index (χ0v) is 12.9. The zero-order chi connectivity index (χ0) is 14.9. The van der Waals surface area contributed by atoms with Crippen molar-refractivity contribution < 1.29 is 9.90 Å². The second-order valence-electron chi connectivity index (χ2n) is 5.01. The molecule has 0 amide bonds. The quantitative estimate of drug-likeness (QED) is 0.268. The van der Waals surface area contributed by atoms with Gasteiger partial charge in [0, 0.05) is 6.42 Å². The molecule has 1 N–H and O–H groups in total. The van der Waals surface area contributed by atoms with Crippen LogP contribution in [0.5, 0.6) is 0 Å². The number of aliphatic carboxylic acids is 1. The Morgan fingerprint density at radius 2 is 1.40 bits per heavy atom. The molecule has 0 rings (SSSR count). The molecule has 0 radical (unpaired) electrons. The third-order valence-electron chi connectivity index (χ3n) is 3.05. The van der Waals surface area contributed by atoms with E-state index in [2.05, 4.69) is 43.4 Å². The van der Waals surface area contributed by atoms with Gasteiger partial charge in [0.15, 0.2) is 0 Å². The van der Waals surface area contributed by atoms with Crippen molar-refractivity contribution in [3.8, 4) is 0 Å². The van der Waals surface area contributed by atoms with E-state index in [0.717, 1.165) is 44.9 Å². The lowest BCUT2D eigenvalue weighted by atomic mass is 10.1. The molecule has 2 heteroatoms. The Hall–Kier alpha value is -1.31. The van der Waals surface area contributed by atoms with Crippen molar-refractivity contribution in [2.24, 2.45) is 0 Å². The molecule has 0 fully saturated rings. The molecule has 0 heterocycles. The van der Waals surface area contributed by atoms with Gasteiger partial charge in [-0.15, -0.1) is 0 Å². The Morgan fingerprint density at radius 3 is 2.10 bits per heavy atom. The van der Waals surface area contributed by atoms with Crippen LogP contribution in [-0.4, -0.2) is 11.1 Å². The van der Waals surface area contributed by atoms with Crippen LogP contribution < -0.4 is 0 Å². The van der Waals surface area contributed by atoms with Gasteiger partial charge in [-0.2, -0.15) is 0 Å². The second-order valence-corrected chi connectivity index (χ2v) is 5.01. The van der Waals surface area contributed by atoms with Crippen LogP contribution in [0.4, 0.5) is 0 Å². The highest BCUT2D eigenvalue weighted by molar-refractivity contribution is 5.66. The predicted octanol–water partition coefficient (Wildman–Crippen LogP) is 5.66. The molecule has 114 valence electrons. The minimum Gasteiger partial charge on any atom is -0.481 e. The Morgan fingerprint density at radius 1 is 0.800 bits per heavy atom. The van der Waals surface area contributed by atoms with Gasteiger partial charge in [0.05, 0.1) is 0 Å². The Labute approximate surface area is 124 Å². The van der Waals surface area contributed by atoms with Crippen LogP contribution in [0.1, 0.15) is 71.1 Å². The minimum atomic E-state index is -0.676. The summed E-state index contributed by atoms with van der Waals surface area (Å²) < 4.78 is 0. The molecule has 0 unspecified atom stereocenters. The first kappa shape index (κ1) is 18.7. The van der Waals surface area contributed by atoms with Gasteiger partial charge in [0.2, 0.25) is 0 Å². The lowest BCUT2D eigenvalue weighted by molar-refractivity contribution is -0.137. The van der Waals surface area contributed by atoms with Gasteiger partial charge in [0.1, 0.15) is 0 Å². The van der Waals surface area contributed by atoms with Gasteiger partial charge >= 0.3 is 5.97 Å². The summed E-state index contributed by atoms with van der Waals surface area (Å²) in [6.07, 6.45) is 23.4. The topological polar surface area (TPSA) is 37.3 Å². The number of rotatable bonds is 13. The molecule has 0 spiro atoms. The van der Waals surface area contributed by atoms with Crippen molar-refractivity contribution in [3.05, 3.63) is 36.5 Å². The molecule has 0 aliphatic rings. The molecule has 0 saturated carbocycles. The Kier molecular flexibility index (Phi) is 14.7. The molecule has 0 aliphatic carbocycles. The number of unbranched alkanes of at least 4 members (excludes halogenated alkanes) is 6. The molecule has 0 aromatic rings. The predicted molar refractivity (Wildman–Crippen MR) is 86.9 cm³/mol. The first-order valence-electron chi connectivity index (χ1n) is 7.95. The third kappa shape index (κ3) is 16.7. The van der Waals surface area contributed by atoms with E-state index < -0.39 is 5.97 Å². The summed E-state index contributed by atoms with van der Waals surface area (Å²) in [6.45, 7) is 2.15. The largest absolute Gasteiger partial charge is 0.481 e. The van der Waals surface area contributed by atoms with E-state index in [0.29, 0.717) is 6.42 Å². The second kappa shape index (κ2) is 15.7. The highest BCUT2D eigenvalue weighted by atomic mass is 16.4. The van der Waals surface area contributed by atoms with Gasteiger partial charge in [0.25, 0.3) is 0 Å². The van der Waals surface area contributed by atoms with Gasteiger partial charge in [-0.3, -0.25) is 4.79 Å². The highest BCUT2D eigenvalue weighted by Crippen LogP contribution is 2.07. The highest BCUT2D eigenvalue weighted by Gasteiger charge is 1.95. The van der Waals surface area contributed by atoms with E-state index in [1.807, 2.05) is 0 Å². The van der Waals surface area contributed by atoms with Crippen molar-refractivity contribution in [2.45, 2.75) is 71.1 Å². The van der Waals surface area contributed by atoms with E-state index in [-0.39, 0.29) is 0 Å². The molecule has 2 nitrogen and oxygen atoms in total. The molecule has 20 heavy (non-hydrogen) atoms. The fraction of sp³-hybridized carbons (Fsp3) is 0.611. The average molecular weight is 278 g/mol. The average Bonchev–Trinajstić information content (AvgIpc) is 2.43. The van der Waals surface area contributed by atoms with Gasteiger partial charge in [-0.25, -0.2) is 0 Å². The molecule has 0 aromatic heterocycles. The van der Waals surface area contributed by atoms with E-state index in [1.165, 1.54) is 12.8 Å². The minimum absolute atomic E-state index is 0.318. The summed E-state index contributed by atoms with van der Waals surface area (Å²) in [5, 5.41) is 8.50. The fourth-order valence-corrected chi connectivity index (χ4v) is 1.90. The molecular formula is C18H30O2. The number of hydrogen-bond acceptors (Lipinski definition) is 1. The van der Waals surface area contributed by atoms with E-state index in [4.69, 9.17) is 5.11 Å². The molecule has 0 aliphatic heterocycles. The summed E-state index contributed by atoms with van der Waals surface area (Å²) in [5.74, 6) is -0.676. The van der Waals surface area contributed by atoms with Crippen molar-refractivity contribution in [2.75, 3.05) is 0 Å².